The van der Waals surface area contributed by atoms with Gasteiger partial charge in [-0.1, -0.05) is 255 Å². The van der Waals surface area contributed by atoms with Crippen molar-refractivity contribution in [1.29, 1.82) is 0 Å². The lowest BCUT2D eigenvalue weighted by molar-refractivity contribution is 0.671. The number of pyridine rings is 2. The van der Waals surface area contributed by atoms with Crippen molar-refractivity contribution in [2.45, 2.75) is 0 Å². The highest BCUT2D eigenvalue weighted by Gasteiger charge is 2.24. The summed E-state index contributed by atoms with van der Waals surface area (Å²) in [6.07, 6.45) is 3.80. The van der Waals surface area contributed by atoms with Gasteiger partial charge in [0, 0.05) is 73.1 Å². The van der Waals surface area contributed by atoms with Gasteiger partial charge in [-0.05, 0) is 254 Å². The van der Waals surface area contributed by atoms with Crippen LogP contribution in [0.3, 0.4) is 0 Å². The van der Waals surface area contributed by atoms with E-state index in [0.29, 0.717) is 0 Å². The largest absolute Gasteiger partial charge is 0.455 e. The van der Waals surface area contributed by atoms with Crippen LogP contribution in [0.2, 0.25) is 0 Å². The van der Waals surface area contributed by atoms with Gasteiger partial charge in [-0.15, -0.1) is 0 Å². The SMILES string of the molecule is c1ccc(-c2cc(-c3ccc(N(c4ccc(-c5cccc6ccccc56)cc4)c4ccc5oc6c7ccccc7ncc6c5c4)cc3)c3cc(-c4cccc(-c5cc(-c6ccc(N(c7ccc(-c8cccc9ccccc89)cc7)c7cccc8c7oc7c8ccc8cccnc87)cc6)c6ccccc6c5)c4)ccc3c2)cc1. The van der Waals surface area contributed by atoms with Crippen molar-refractivity contribution in [3.05, 3.63) is 401 Å². The molecule has 0 aliphatic carbocycles. The zero-order valence-corrected chi connectivity index (χ0v) is 60.7. The maximum absolute atomic E-state index is 7.02. The van der Waals surface area contributed by atoms with Crippen LogP contribution in [0.5, 0.6) is 0 Å². The van der Waals surface area contributed by atoms with Crippen LogP contribution in [-0.4, -0.2) is 9.97 Å². The molecule has 4 heterocycles. The molecule has 0 fully saturated rings. The summed E-state index contributed by atoms with van der Waals surface area (Å²) in [5, 5.41) is 15.7. The maximum atomic E-state index is 7.02. The summed E-state index contributed by atoms with van der Waals surface area (Å²) in [5.41, 5.74) is 27.1. The Balaban J connectivity index is 0.626. The van der Waals surface area contributed by atoms with Gasteiger partial charge in [0.15, 0.2) is 11.2 Å². The fraction of sp³-hybridized carbons (Fsp3) is 0. The molecule has 0 unspecified atom stereocenters. The molecular weight excluding hydrogens is 1360 g/mol. The first kappa shape index (κ1) is 64.2. The number of furan rings is 2. The summed E-state index contributed by atoms with van der Waals surface area (Å²) < 4.78 is 13.7. The highest BCUT2D eigenvalue weighted by atomic mass is 16.3. The molecule has 522 valence electrons. The average Bonchev–Trinajstić information content (AvgIpc) is 1.57. The minimum absolute atomic E-state index is 0.782. The van der Waals surface area contributed by atoms with Crippen LogP contribution in [0.25, 0.3) is 187 Å². The van der Waals surface area contributed by atoms with Crippen LogP contribution in [0.15, 0.2) is 409 Å². The Labute approximate surface area is 645 Å². The molecule has 4 aromatic heterocycles. The van der Waals surface area contributed by atoms with Gasteiger partial charge in [-0.2, -0.15) is 0 Å². The highest BCUT2D eigenvalue weighted by molar-refractivity contribution is 6.18. The Hall–Kier alpha value is -15.0. The predicted molar refractivity (Wildman–Crippen MR) is 469 cm³/mol. The number of para-hydroxylation sites is 2. The molecule has 0 radical (unpaired) electrons. The Bertz CT molecular complexity index is 7480. The van der Waals surface area contributed by atoms with Gasteiger partial charge in [0.1, 0.15) is 16.7 Å². The lowest BCUT2D eigenvalue weighted by Crippen LogP contribution is -2.10. The first-order chi connectivity index (χ1) is 55.5. The van der Waals surface area contributed by atoms with Gasteiger partial charge < -0.3 is 18.6 Å². The molecule has 22 aromatic rings. The summed E-state index contributed by atoms with van der Waals surface area (Å²) in [5.74, 6) is 0. The average molecular weight is 1430 g/mol. The summed E-state index contributed by atoms with van der Waals surface area (Å²) in [7, 11) is 0. The third kappa shape index (κ3) is 11.0. The van der Waals surface area contributed by atoms with Gasteiger partial charge in [-0.3, -0.25) is 9.97 Å². The van der Waals surface area contributed by atoms with Crippen LogP contribution < -0.4 is 9.80 Å². The highest BCUT2D eigenvalue weighted by Crippen LogP contribution is 2.48. The summed E-state index contributed by atoms with van der Waals surface area (Å²) >= 11 is 0. The lowest BCUT2D eigenvalue weighted by atomic mass is 9.89. The second kappa shape index (κ2) is 26.5. The van der Waals surface area contributed by atoms with E-state index in [4.69, 9.17) is 18.8 Å². The normalized spacial score (nSPS) is 11.8. The quantitative estimate of drug-likeness (QED) is 0.115. The van der Waals surface area contributed by atoms with Crippen molar-refractivity contribution in [2.24, 2.45) is 0 Å². The zero-order valence-electron chi connectivity index (χ0n) is 60.7. The predicted octanol–water partition coefficient (Wildman–Crippen LogP) is 29.8. The molecular formula is C106H66N4O2. The van der Waals surface area contributed by atoms with Crippen LogP contribution in [0.1, 0.15) is 0 Å². The molecule has 22 rings (SSSR count). The third-order valence-electron chi connectivity index (χ3n) is 22.7. The van der Waals surface area contributed by atoms with Crippen molar-refractivity contribution in [2.75, 3.05) is 9.80 Å². The van der Waals surface area contributed by atoms with Crippen LogP contribution >= 0.6 is 0 Å². The fourth-order valence-corrected chi connectivity index (χ4v) is 17.2. The molecule has 0 aliphatic rings. The number of rotatable bonds is 13. The topological polar surface area (TPSA) is 58.5 Å². The third-order valence-corrected chi connectivity index (χ3v) is 22.7. The van der Waals surface area contributed by atoms with Gasteiger partial charge in [0.2, 0.25) is 0 Å². The second-order valence-corrected chi connectivity index (χ2v) is 29.1. The monoisotopic (exact) mass is 1430 g/mol. The molecule has 0 saturated heterocycles. The van der Waals surface area contributed by atoms with Crippen molar-refractivity contribution in [3.63, 3.8) is 0 Å². The van der Waals surface area contributed by atoms with Gasteiger partial charge in [0.05, 0.1) is 11.2 Å². The molecule has 18 aromatic carbocycles. The number of anilines is 6. The molecule has 0 atom stereocenters. The number of nitrogens with zero attached hydrogens (tertiary/aromatic N) is 4. The number of hydrogen-bond donors (Lipinski definition) is 0. The first-order valence-corrected chi connectivity index (χ1v) is 38.1. The minimum Gasteiger partial charge on any atom is -0.455 e. The van der Waals surface area contributed by atoms with Crippen molar-refractivity contribution in [3.8, 4) is 77.9 Å². The van der Waals surface area contributed by atoms with E-state index in [-0.39, 0.29) is 0 Å². The van der Waals surface area contributed by atoms with E-state index in [2.05, 4.69) is 374 Å². The van der Waals surface area contributed by atoms with Crippen molar-refractivity contribution in [1.82, 2.24) is 9.97 Å². The second-order valence-electron chi connectivity index (χ2n) is 29.1. The number of aromatic nitrogens is 2. The molecule has 6 heteroatoms. The standard InChI is InChI=1S/C106H66N4O2/c1-2-17-67(18-3-1)80-61-79-37-36-77(62-97(79)96(63-80)73-42-49-83(50-43-73)109(82-47-38-70(39-48-82)89-31-13-22-68-19-4-7-27-87(68)89)86-55-57-102-98(65-86)99-66-108-100-34-11-10-30-94(100)104(99)111-102)75-24-12-25-76(59-75)81-60-78-21-6-9-29-91(78)95(64-81)72-44-53-85(54-45-72)110(84-51-40-71(41-52-84)90-32-14-23-69-20-5-8-28-88(69)90)101-35-15-33-92-93-56-46-74-26-16-58-107-103(74)106(93)112-105(92)101/h1-66H. The molecule has 0 amide bonds. The molecule has 0 aliphatic heterocycles. The molecule has 112 heavy (non-hydrogen) atoms. The van der Waals surface area contributed by atoms with Gasteiger partial charge in [-0.25, -0.2) is 0 Å². The smallest absolute Gasteiger partial charge is 0.161 e. The Kier molecular flexibility index (Phi) is 15.2. The molecule has 0 saturated carbocycles. The van der Waals surface area contributed by atoms with Crippen molar-refractivity contribution < 1.29 is 8.83 Å². The van der Waals surface area contributed by atoms with E-state index in [0.717, 1.165) is 172 Å². The van der Waals surface area contributed by atoms with Gasteiger partial charge >= 0.3 is 0 Å². The summed E-state index contributed by atoms with van der Waals surface area (Å²) in [6.45, 7) is 0. The Morgan fingerprint density at radius 3 is 1.34 bits per heavy atom. The van der Waals surface area contributed by atoms with E-state index in [1.54, 1.807) is 0 Å². The van der Waals surface area contributed by atoms with Gasteiger partial charge in [0.25, 0.3) is 0 Å². The number of benzene rings is 18. The fourth-order valence-electron chi connectivity index (χ4n) is 17.2. The summed E-state index contributed by atoms with van der Waals surface area (Å²) in [4.78, 5) is 14.4. The van der Waals surface area contributed by atoms with E-state index in [9.17, 15) is 0 Å². The minimum atomic E-state index is 0.782. The van der Waals surface area contributed by atoms with E-state index in [1.165, 1.54) is 48.8 Å². The molecule has 0 N–H and O–H groups in total. The van der Waals surface area contributed by atoms with E-state index >= 15 is 0 Å². The van der Waals surface area contributed by atoms with Crippen LogP contribution in [0.4, 0.5) is 34.1 Å². The lowest BCUT2D eigenvalue weighted by Gasteiger charge is -2.26. The van der Waals surface area contributed by atoms with E-state index < -0.39 is 0 Å². The Morgan fingerprint density at radius 1 is 0.205 bits per heavy atom. The first-order valence-electron chi connectivity index (χ1n) is 38.1. The summed E-state index contributed by atoms with van der Waals surface area (Å²) in [6, 6.07) is 141. The van der Waals surface area contributed by atoms with Crippen LogP contribution in [0, 0.1) is 0 Å². The molecule has 0 bridgehead atoms. The Morgan fingerprint density at radius 2 is 0.670 bits per heavy atom. The van der Waals surface area contributed by atoms with Crippen LogP contribution in [-0.2, 0) is 0 Å². The molecule has 6 nitrogen and oxygen atoms in total. The molecule has 0 spiro atoms. The zero-order chi connectivity index (χ0) is 73.7. The number of hydrogen-bond acceptors (Lipinski definition) is 6. The number of fused-ring (bicyclic) bond motifs is 14. The van der Waals surface area contributed by atoms with Crippen molar-refractivity contribution >= 4 is 143 Å². The van der Waals surface area contributed by atoms with E-state index in [1.807, 2.05) is 36.7 Å². The maximum Gasteiger partial charge on any atom is 0.161 e.